The lowest BCUT2D eigenvalue weighted by molar-refractivity contribution is 0.635. The monoisotopic (exact) mass is 250 g/mol. The van der Waals surface area contributed by atoms with Crippen LogP contribution in [-0.2, 0) is 13.5 Å². The minimum Gasteiger partial charge on any atom is -0.328 e. The number of hydrogen-bond donors (Lipinski definition) is 1. The van der Waals surface area contributed by atoms with E-state index in [9.17, 15) is 0 Å². The second-order valence-corrected chi connectivity index (χ2v) is 4.68. The van der Waals surface area contributed by atoms with Crippen LogP contribution in [0, 0.1) is 4.77 Å². The molecule has 2 aromatic heterocycles. The predicted molar refractivity (Wildman–Crippen MR) is 72.8 cm³/mol. The molecular formula is C12H18N4S. The molecule has 0 saturated carbocycles. The van der Waals surface area contributed by atoms with Crippen LogP contribution >= 0.6 is 12.2 Å². The molecule has 1 atom stereocenters. The van der Waals surface area contributed by atoms with Crippen molar-refractivity contribution in [3.63, 3.8) is 0 Å². The van der Waals surface area contributed by atoms with Gasteiger partial charge in [-0.15, -0.1) is 6.58 Å². The molecule has 4 nitrogen and oxygen atoms in total. The Bertz CT molecular complexity index is 602. The Labute approximate surface area is 106 Å². The van der Waals surface area contributed by atoms with E-state index in [1.54, 1.807) is 0 Å². The van der Waals surface area contributed by atoms with E-state index in [1.165, 1.54) is 0 Å². The van der Waals surface area contributed by atoms with Crippen molar-refractivity contribution in [3.8, 4) is 0 Å². The maximum Gasteiger partial charge on any atom is 0.179 e. The Morgan fingerprint density at radius 2 is 2.29 bits per heavy atom. The smallest absolute Gasteiger partial charge is 0.179 e. The van der Waals surface area contributed by atoms with Crippen LogP contribution in [0.3, 0.4) is 0 Å². The van der Waals surface area contributed by atoms with E-state index in [0.717, 1.165) is 34.5 Å². The normalized spacial score (nSPS) is 13.1. The van der Waals surface area contributed by atoms with Gasteiger partial charge in [0.15, 0.2) is 10.4 Å². The first kappa shape index (κ1) is 12.1. The van der Waals surface area contributed by atoms with Crippen molar-refractivity contribution in [3.05, 3.63) is 23.1 Å². The second kappa shape index (κ2) is 4.49. The van der Waals surface area contributed by atoms with Crippen molar-refractivity contribution in [1.29, 1.82) is 0 Å². The summed E-state index contributed by atoms with van der Waals surface area (Å²) in [5.74, 6) is 0. The lowest BCUT2D eigenvalue weighted by Crippen LogP contribution is -2.06. The number of nitrogens with zero attached hydrogens (tertiary/aromatic N) is 3. The quantitative estimate of drug-likeness (QED) is 0.669. The summed E-state index contributed by atoms with van der Waals surface area (Å²) >= 11 is 5.37. The van der Waals surface area contributed by atoms with E-state index in [2.05, 4.69) is 35.1 Å². The van der Waals surface area contributed by atoms with E-state index in [1.807, 2.05) is 17.8 Å². The highest BCUT2D eigenvalue weighted by Crippen LogP contribution is 2.22. The molecule has 0 amide bonds. The van der Waals surface area contributed by atoms with Gasteiger partial charge in [0.2, 0.25) is 0 Å². The van der Waals surface area contributed by atoms with Crippen molar-refractivity contribution in [2.75, 3.05) is 0 Å². The summed E-state index contributed by atoms with van der Waals surface area (Å²) in [6, 6.07) is 0.168. The second-order valence-electron chi connectivity index (χ2n) is 4.30. The van der Waals surface area contributed by atoms with Gasteiger partial charge in [0.1, 0.15) is 5.52 Å². The van der Waals surface area contributed by atoms with Gasteiger partial charge in [0.25, 0.3) is 0 Å². The summed E-state index contributed by atoms with van der Waals surface area (Å²) in [6.45, 7) is 8.05. The third kappa shape index (κ3) is 1.84. The molecule has 2 aromatic rings. The Morgan fingerprint density at radius 1 is 1.59 bits per heavy atom. The minimum atomic E-state index is 0.168. The predicted octanol–water partition coefficient (Wildman–Crippen LogP) is 3.13. The number of aromatic amines is 1. The van der Waals surface area contributed by atoms with E-state index >= 15 is 0 Å². The molecule has 0 radical (unpaired) electrons. The maximum atomic E-state index is 5.37. The summed E-state index contributed by atoms with van der Waals surface area (Å²) in [6.07, 6.45) is 3.93. The van der Waals surface area contributed by atoms with Crippen molar-refractivity contribution >= 4 is 23.4 Å². The number of fused-ring (bicyclic) bond motifs is 1. The van der Waals surface area contributed by atoms with Gasteiger partial charge in [-0.1, -0.05) is 19.4 Å². The van der Waals surface area contributed by atoms with E-state index < -0.39 is 0 Å². The molecule has 0 fully saturated rings. The van der Waals surface area contributed by atoms with E-state index in [4.69, 9.17) is 12.2 Å². The average Bonchev–Trinajstić information content (AvgIpc) is 2.77. The molecule has 0 aromatic carbocycles. The first-order valence-corrected chi connectivity index (χ1v) is 6.29. The number of aryl methyl sites for hydroxylation is 2. The van der Waals surface area contributed by atoms with Crippen molar-refractivity contribution < 1.29 is 0 Å². The van der Waals surface area contributed by atoms with Crippen LogP contribution in [0.4, 0.5) is 0 Å². The van der Waals surface area contributed by atoms with Gasteiger partial charge >= 0.3 is 0 Å². The van der Waals surface area contributed by atoms with Crippen LogP contribution in [0.1, 0.15) is 32.0 Å². The molecule has 0 aliphatic carbocycles. The molecule has 17 heavy (non-hydrogen) atoms. The Hall–Kier alpha value is -1.36. The van der Waals surface area contributed by atoms with Gasteiger partial charge in [0.05, 0.1) is 11.7 Å². The standard InChI is InChI=1S/C12H18N4S/c1-5-7-9-10-11(15(4)14-9)16(8(3)6-2)12(17)13-10/h6,8H,2,5,7H2,1,3-4H3,(H,13,17). The molecule has 2 heterocycles. The Balaban J connectivity index is 2.73. The fraction of sp³-hybridized carbons (Fsp3) is 0.500. The molecule has 0 saturated heterocycles. The Morgan fingerprint density at radius 3 is 2.88 bits per heavy atom. The van der Waals surface area contributed by atoms with Crippen molar-refractivity contribution in [2.24, 2.45) is 7.05 Å². The number of imidazole rings is 1. The van der Waals surface area contributed by atoms with Gasteiger partial charge in [0, 0.05) is 7.05 Å². The van der Waals surface area contributed by atoms with Crippen LogP contribution in [0.25, 0.3) is 11.2 Å². The fourth-order valence-corrected chi connectivity index (χ4v) is 2.49. The van der Waals surface area contributed by atoms with Gasteiger partial charge in [-0.05, 0) is 25.6 Å². The number of H-pyrrole nitrogens is 1. The van der Waals surface area contributed by atoms with Gasteiger partial charge in [-0.25, -0.2) is 0 Å². The third-order valence-corrected chi connectivity index (χ3v) is 3.30. The first-order valence-electron chi connectivity index (χ1n) is 5.88. The van der Waals surface area contributed by atoms with Crippen molar-refractivity contribution in [2.45, 2.75) is 32.7 Å². The molecule has 5 heteroatoms. The molecule has 0 aliphatic heterocycles. The van der Waals surface area contributed by atoms with Gasteiger partial charge in [-0.3, -0.25) is 9.25 Å². The fourth-order valence-electron chi connectivity index (χ4n) is 2.13. The summed E-state index contributed by atoms with van der Waals surface area (Å²) in [7, 11) is 1.95. The van der Waals surface area contributed by atoms with E-state index in [-0.39, 0.29) is 6.04 Å². The molecule has 92 valence electrons. The topological polar surface area (TPSA) is 38.5 Å². The summed E-state index contributed by atoms with van der Waals surface area (Å²) in [5.41, 5.74) is 3.20. The first-order chi connectivity index (χ1) is 8.10. The van der Waals surface area contributed by atoms with Crippen LogP contribution in [-0.4, -0.2) is 19.3 Å². The molecule has 0 bridgehead atoms. The summed E-state index contributed by atoms with van der Waals surface area (Å²) in [5, 5.41) is 4.54. The molecular weight excluding hydrogens is 232 g/mol. The zero-order chi connectivity index (χ0) is 12.6. The zero-order valence-corrected chi connectivity index (χ0v) is 11.3. The lowest BCUT2D eigenvalue weighted by atomic mass is 10.2. The SMILES string of the molecule is C=CC(C)n1c(=S)[nH]c2c(CCC)nn(C)c21. The molecule has 0 spiro atoms. The largest absolute Gasteiger partial charge is 0.328 e. The van der Waals surface area contributed by atoms with Crippen LogP contribution in [0.15, 0.2) is 12.7 Å². The van der Waals surface area contributed by atoms with Gasteiger partial charge < -0.3 is 4.98 Å². The van der Waals surface area contributed by atoms with Crippen molar-refractivity contribution in [1.82, 2.24) is 19.3 Å². The highest BCUT2D eigenvalue weighted by Gasteiger charge is 2.16. The van der Waals surface area contributed by atoms with Crippen LogP contribution in [0.2, 0.25) is 0 Å². The maximum absolute atomic E-state index is 5.37. The Kier molecular flexibility index (Phi) is 3.19. The number of hydrogen-bond acceptors (Lipinski definition) is 2. The van der Waals surface area contributed by atoms with Crippen LogP contribution < -0.4 is 0 Å². The van der Waals surface area contributed by atoms with E-state index in [0.29, 0.717) is 0 Å². The molecule has 2 rings (SSSR count). The third-order valence-electron chi connectivity index (χ3n) is 3.00. The molecule has 1 unspecified atom stereocenters. The average molecular weight is 250 g/mol. The summed E-state index contributed by atoms with van der Waals surface area (Å²) in [4.78, 5) is 3.26. The summed E-state index contributed by atoms with van der Waals surface area (Å²) < 4.78 is 4.69. The number of nitrogens with one attached hydrogen (secondary N) is 1. The number of rotatable bonds is 4. The minimum absolute atomic E-state index is 0.168. The number of allylic oxidation sites excluding steroid dienone is 1. The highest BCUT2D eigenvalue weighted by molar-refractivity contribution is 7.71. The van der Waals surface area contributed by atoms with Gasteiger partial charge in [-0.2, -0.15) is 5.10 Å². The molecule has 0 aliphatic rings. The molecule has 1 N–H and O–H groups in total. The number of aromatic nitrogens is 4. The van der Waals surface area contributed by atoms with Crippen LogP contribution in [0.5, 0.6) is 0 Å². The lowest BCUT2D eigenvalue weighted by Gasteiger charge is -2.08. The highest BCUT2D eigenvalue weighted by atomic mass is 32.1. The zero-order valence-electron chi connectivity index (χ0n) is 10.5.